The van der Waals surface area contributed by atoms with Gasteiger partial charge in [0.15, 0.2) is 0 Å². The molecule has 2 aromatic rings. The van der Waals surface area contributed by atoms with Crippen molar-refractivity contribution in [1.82, 2.24) is 0 Å². The molecule has 0 aliphatic heterocycles. The molecule has 0 N–H and O–H groups in total. The second kappa shape index (κ2) is 6.27. The van der Waals surface area contributed by atoms with Crippen LogP contribution in [0.25, 0.3) is 0 Å². The molecule has 0 unspecified atom stereocenters. The average molecular weight is 273 g/mol. The Morgan fingerprint density at radius 3 is 2.48 bits per heavy atom. The topological polar surface area (TPSA) is 3.24 Å². The summed E-state index contributed by atoms with van der Waals surface area (Å²) in [7, 11) is 0. The number of anilines is 2. The fourth-order valence-corrected chi connectivity index (χ4v) is 2.51. The van der Waals surface area contributed by atoms with Crippen molar-refractivity contribution in [2.24, 2.45) is 0 Å². The summed E-state index contributed by atoms with van der Waals surface area (Å²) in [6.45, 7) is 2.13. The van der Waals surface area contributed by atoms with Crippen molar-refractivity contribution in [3.05, 3.63) is 96.2 Å². The summed E-state index contributed by atoms with van der Waals surface area (Å²) in [4.78, 5) is 2.29. The number of hydrogen-bond donors (Lipinski definition) is 0. The van der Waals surface area contributed by atoms with E-state index in [2.05, 4.69) is 96.8 Å². The highest BCUT2D eigenvalue weighted by atomic mass is 15.1. The van der Waals surface area contributed by atoms with Crippen LogP contribution in [0.2, 0.25) is 0 Å². The Kier molecular flexibility index (Phi) is 4.02. The summed E-state index contributed by atoms with van der Waals surface area (Å²) in [5.74, 6) is 0. The second-order valence-corrected chi connectivity index (χ2v) is 5.17. The van der Waals surface area contributed by atoms with Gasteiger partial charge in [0.1, 0.15) is 0 Å². The van der Waals surface area contributed by atoms with Crippen molar-refractivity contribution >= 4 is 11.4 Å². The predicted molar refractivity (Wildman–Crippen MR) is 90.7 cm³/mol. The molecular formula is C20H19N. The van der Waals surface area contributed by atoms with E-state index in [1.54, 1.807) is 0 Å². The van der Waals surface area contributed by atoms with Gasteiger partial charge in [-0.3, -0.25) is 0 Å². The van der Waals surface area contributed by atoms with E-state index in [0.29, 0.717) is 0 Å². The van der Waals surface area contributed by atoms with E-state index in [1.165, 1.54) is 22.6 Å². The summed E-state index contributed by atoms with van der Waals surface area (Å²) >= 11 is 0. The van der Waals surface area contributed by atoms with Gasteiger partial charge in [0, 0.05) is 17.1 Å². The molecule has 21 heavy (non-hydrogen) atoms. The standard InChI is InChI=1S/C20H19N/c1-17-10-9-15-20(16-17)21(19-13-7-4-8-14-19)18-11-5-2-3-6-12-18/h2,4-16H,3H2,1H3. The van der Waals surface area contributed by atoms with Crippen LogP contribution in [0.1, 0.15) is 12.0 Å². The highest BCUT2D eigenvalue weighted by Gasteiger charge is 2.12. The largest absolute Gasteiger partial charge is 0.311 e. The van der Waals surface area contributed by atoms with Gasteiger partial charge in [-0.15, -0.1) is 0 Å². The van der Waals surface area contributed by atoms with Gasteiger partial charge in [0.05, 0.1) is 0 Å². The Labute approximate surface area is 126 Å². The maximum Gasteiger partial charge on any atom is 0.0464 e. The van der Waals surface area contributed by atoms with Gasteiger partial charge in [-0.25, -0.2) is 0 Å². The lowest BCUT2D eigenvalue weighted by atomic mass is 10.1. The first-order chi connectivity index (χ1) is 10.3. The van der Waals surface area contributed by atoms with Gasteiger partial charge < -0.3 is 4.90 Å². The summed E-state index contributed by atoms with van der Waals surface area (Å²) in [6.07, 6.45) is 11.8. The first kappa shape index (κ1) is 13.4. The number of para-hydroxylation sites is 1. The molecule has 1 heteroatoms. The van der Waals surface area contributed by atoms with Gasteiger partial charge in [-0.05, 0) is 55.3 Å². The lowest BCUT2D eigenvalue weighted by Crippen LogP contribution is -2.15. The van der Waals surface area contributed by atoms with E-state index in [0.717, 1.165) is 6.42 Å². The molecule has 0 saturated carbocycles. The van der Waals surface area contributed by atoms with Crippen LogP contribution in [-0.4, -0.2) is 0 Å². The third kappa shape index (κ3) is 3.14. The lowest BCUT2D eigenvalue weighted by Gasteiger charge is -2.26. The maximum absolute atomic E-state index is 2.29. The summed E-state index contributed by atoms with van der Waals surface area (Å²) in [5, 5.41) is 0. The fourth-order valence-electron chi connectivity index (χ4n) is 2.51. The second-order valence-electron chi connectivity index (χ2n) is 5.17. The van der Waals surface area contributed by atoms with Crippen molar-refractivity contribution < 1.29 is 0 Å². The summed E-state index contributed by atoms with van der Waals surface area (Å²) < 4.78 is 0. The van der Waals surface area contributed by atoms with Crippen molar-refractivity contribution in [2.45, 2.75) is 13.3 Å². The van der Waals surface area contributed by atoms with Crippen LogP contribution in [0.3, 0.4) is 0 Å². The first-order valence-electron chi connectivity index (χ1n) is 7.30. The van der Waals surface area contributed by atoms with Crippen LogP contribution in [0, 0.1) is 6.92 Å². The molecule has 0 aromatic heterocycles. The molecule has 3 rings (SSSR count). The van der Waals surface area contributed by atoms with Crippen LogP contribution in [0.5, 0.6) is 0 Å². The van der Waals surface area contributed by atoms with E-state index in [-0.39, 0.29) is 0 Å². The zero-order valence-corrected chi connectivity index (χ0v) is 12.2. The van der Waals surface area contributed by atoms with E-state index < -0.39 is 0 Å². The van der Waals surface area contributed by atoms with E-state index >= 15 is 0 Å². The Balaban J connectivity index is 2.11. The van der Waals surface area contributed by atoms with Gasteiger partial charge >= 0.3 is 0 Å². The van der Waals surface area contributed by atoms with Crippen LogP contribution < -0.4 is 4.90 Å². The number of nitrogens with zero attached hydrogens (tertiary/aromatic N) is 1. The third-order valence-corrected chi connectivity index (χ3v) is 3.50. The molecule has 0 bridgehead atoms. The van der Waals surface area contributed by atoms with Crippen LogP contribution in [0.15, 0.2) is 90.7 Å². The van der Waals surface area contributed by atoms with Crippen LogP contribution >= 0.6 is 0 Å². The molecule has 1 aliphatic rings. The highest BCUT2D eigenvalue weighted by Crippen LogP contribution is 2.31. The predicted octanol–water partition coefficient (Wildman–Crippen LogP) is 5.53. The van der Waals surface area contributed by atoms with Gasteiger partial charge in [-0.2, -0.15) is 0 Å². The minimum absolute atomic E-state index is 0.983. The van der Waals surface area contributed by atoms with E-state index in [4.69, 9.17) is 0 Å². The molecule has 0 radical (unpaired) electrons. The fraction of sp³-hybridized carbons (Fsp3) is 0.100. The summed E-state index contributed by atoms with van der Waals surface area (Å²) in [6, 6.07) is 19.1. The number of aryl methyl sites for hydroxylation is 1. The zero-order valence-electron chi connectivity index (χ0n) is 12.2. The molecule has 1 nitrogen and oxygen atoms in total. The summed E-state index contributed by atoms with van der Waals surface area (Å²) in [5.41, 5.74) is 4.81. The number of benzene rings is 2. The number of rotatable bonds is 3. The van der Waals surface area contributed by atoms with E-state index in [1.807, 2.05) is 0 Å². The Morgan fingerprint density at radius 2 is 1.67 bits per heavy atom. The third-order valence-electron chi connectivity index (χ3n) is 3.50. The Hall–Kier alpha value is -2.54. The van der Waals surface area contributed by atoms with Crippen LogP contribution in [0.4, 0.5) is 11.4 Å². The minimum atomic E-state index is 0.983. The molecule has 0 spiro atoms. The Bertz CT molecular complexity index is 693. The SMILES string of the molecule is Cc1cccc(N(C2=CC=CCC=C2)c2ccccc2)c1. The molecule has 0 fully saturated rings. The van der Waals surface area contributed by atoms with Crippen LogP contribution in [-0.2, 0) is 0 Å². The zero-order chi connectivity index (χ0) is 14.5. The van der Waals surface area contributed by atoms with Crippen molar-refractivity contribution in [3.63, 3.8) is 0 Å². The lowest BCUT2D eigenvalue weighted by molar-refractivity contribution is 1.20. The first-order valence-corrected chi connectivity index (χ1v) is 7.30. The number of allylic oxidation sites excluding steroid dienone is 5. The maximum atomic E-state index is 2.29. The molecule has 104 valence electrons. The van der Waals surface area contributed by atoms with E-state index in [9.17, 15) is 0 Å². The van der Waals surface area contributed by atoms with Gasteiger partial charge in [0.2, 0.25) is 0 Å². The van der Waals surface area contributed by atoms with Crippen molar-refractivity contribution in [1.29, 1.82) is 0 Å². The number of hydrogen-bond acceptors (Lipinski definition) is 1. The molecule has 0 amide bonds. The monoisotopic (exact) mass is 273 g/mol. The minimum Gasteiger partial charge on any atom is -0.311 e. The van der Waals surface area contributed by atoms with Crippen molar-refractivity contribution in [3.8, 4) is 0 Å². The smallest absolute Gasteiger partial charge is 0.0464 e. The molecule has 0 heterocycles. The normalized spacial score (nSPS) is 13.7. The van der Waals surface area contributed by atoms with Gasteiger partial charge in [0.25, 0.3) is 0 Å². The molecule has 2 aromatic carbocycles. The quantitative estimate of drug-likeness (QED) is 0.710. The molecule has 1 aliphatic carbocycles. The van der Waals surface area contributed by atoms with Gasteiger partial charge in [-0.1, -0.05) is 48.6 Å². The molecule has 0 saturated heterocycles. The average Bonchev–Trinajstić information content (AvgIpc) is 2.78. The van der Waals surface area contributed by atoms with Crippen molar-refractivity contribution in [2.75, 3.05) is 4.90 Å². The Morgan fingerprint density at radius 1 is 0.857 bits per heavy atom. The highest BCUT2D eigenvalue weighted by molar-refractivity contribution is 5.70. The molecular weight excluding hydrogens is 254 g/mol. The molecule has 0 atom stereocenters.